The summed E-state index contributed by atoms with van der Waals surface area (Å²) in [5.41, 5.74) is 0.568. The van der Waals surface area contributed by atoms with Crippen molar-refractivity contribution in [1.82, 2.24) is 39.4 Å². The molecular formula is C22H24F3N9O. The largest absolute Gasteiger partial charge is 0.434 e. The van der Waals surface area contributed by atoms with Crippen molar-refractivity contribution < 1.29 is 18.3 Å². The maximum atomic E-state index is 13.2. The van der Waals surface area contributed by atoms with Crippen LogP contribution in [-0.2, 0) is 6.18 Å². The number of halogens is 3. The molecule has 1 fully saturated rings. The van der Waals surface area contributed by atoms with Gasteiger partial charge in [-0.25, -0.2) is 19.9 Å². The van der Waals surface area contributed by atoms with E-state index in [9.17, 15) is 18.3 Å². The summed E-state index contributed by atoms with van der Waals surface area (Å²) in [6.45, 7) is 5.35. The van der Waals surface area contributed by atoms with Crippen molar-refractivity contribution in [2.45, 2.75) is 38.1 Å². The van der Waals surface area contributed by atoms with Crippen LogP contribution in [-0.4, -0.2) is 76.3 Å². The van der Waals surface area contributed by atoms with Gasteiger partial charge in [-0.15, -0.1) is 0 Å². The Morgan fingerprint density at radius 1 is 1.14 bits per heavy atom. The van der Waals surface area contributed by atoms with Gasteiger partial charge in [-0.05, 0) is 19.9 Å². The van der Waals surface area contributed by atoms with Gasteiger partial charge >= 0.3 is 6.18 Å². The number of alkyl halides is 3. The average molecular weight is 487 g/mol. The molecule has 0 amide bonds. The number of H-pyrrole nitrogens is 1. The van der Waals surface area contributed by atoms with Crippen molar-refractivity contribution in [3.05, 3.63) is 54.5 Å². The zero-order chi connectivity index (χ0) is 24.7. The Morgan fingerprint density at radius 2 is 1.97 bits per heavy atom. The molecule has 3 atom stereocenters. The van der Waals surface area contributed by atoms with Crippen LogP contribution in [0.2, 0.25) is 0 Å². The van der Waals surface area contributed by atoms with E-state index in [1.807, 2.05) is 6.20 Å². The Bertz CT molecular complexity index is 1310. The highest BCUT2D eigenvalue weighted by Gasteiger charge is 2.39. The van der Waals surface area contributed by atoms with E-state index in [-0.39, 0.29) is 36.2 Å². The average Bonchev–Trinajstić information content (AvgIpc) is 3.51. The SMILES string of the molecule is CC1C(c2cn[nH]c2)N(CCO)C(C)CN1c1ccnc(-c2cnc3cnc(C(F)(F)F)cn23)n1. The predicted molar refractivity (Wildman–Crippen MR) is 120 cm³/mol. The number of piperazine rings is 1. The number of aliphatic hydroxyl groups is 1. The number of fused-ring (bicyclic) bond motifs is 1. The van der Waals surface area contributed by atoms with Gasteiger partial charge in [-0.3, -0.25) is 14.4 Å². The summed E-state index contributed by atoms with van der Waals surface area (Å²) in [6.07, 6.45) is 4.05. The summed E-state index contributed by atoms with van der Waals surface area (Å²) in [7, 11) is 0. The number of β-amino-alcohol motifs (C(OH)–C–C–N with tert-alkyl or cyclic N) is 1. The summed E-state index contributed by atoms with van der Waals surface area (Å²) in [5.74, 6) is 0.901. The van der Waals surface area contributed by atoms with Gasteiger partial charge in [0.05, 0.1) is 31.2 Å². The monoisotopic (exact) mass is 487 g/mol. The topological polar surface area (TPSA) is 111 Å². The molecule has 5 rings (SSSR count). The minimum Gasteiger partial charge on any atom is -0.395 e. The zero-order valence-corrected chi connectivity index (χ0v) is 19.1. The normalized spacial score (nSPS) is 21.7. The van der Waals surface area contributed by atoms with E-state index < -0.39 is 11.9 Å². The lowest BCUT2D eigenvalue weighted by Crippen LogP contribution is -2.58. The molecular weight excluding hydrogens is 463 g/mol. The molecule has 1 aliphatic heterocycles. The maximum absolute atomic E-state index is 13.2. The second kappa shape index (κ2) is 8.89. The summed E-state index contributed by atoms with van der Waals surface area (Å²) in [6, 6.07) is 1.78. The number of rotatable bonds is 5. The van der Waals surface area contributed by atoms with Crippen molar-refractivity contribution in [3.8, 4) is 11.5 Å². The summed E-state index contributed by atoms with van der Waals surface area (Å²) in [4.78, 5) is 21.0. The van der Waals surface area contributed by atoms with Crippen LogP contribution < -0.4 is 4.90 Å². The molecule has 0 saturated carbocycles. The highest BCUT2D eigenvalue weighted by molar-refractivity contribution is 5.58. The minimum atomic E-state index is -4.58. The van der Waals surface area contributed by atoms with Gasteiger partial charge in [-0.1, -0.05) is 0 Å². The highest BCUT2D eigenvalue weighted by atomic mass is 19.4. The number of aromatic amines is 1. The molecule has 1 aliphatic rings. The van der Waals surface area contributed by atoms with Crippen molar-refractivity contribution in [2.75, 3.05) is 24.6 Å². The molecule has 0 aliphatic carbocycles. The van der Waals surface area contributed by atoms with Crippen LogP contribution in [0.4, 0.5) is 19.0 Å². The lowest BCUT2D eigenvalue weighted by Gasteiger charge is -2.50. The fraction of sp³-hybridized carbons (Fsp3) is 0.409. The Balaban J connectivity index is 1.53. The smallest absolute Gasteiger partial charge is 0.395 e. The van der Waals surface area contributed by atoms with Gasteiger partial charge in [0.2, 0.25) is 0 Å². The fourth-order valence-electron chi connectivity index (χ4n) is 4.78. The van der Waals surface area contributed by atoms with Crippen LogP contribution in [0.25, 0.3) is 17.2 Å². The van der Waals surface area contributed by atoms with Crippen LogP contribution in [0.15, 0.2) is 43.2 Å². The molecule has 0 bridgehead atoms. The number of aliphatic hydroxyl groups excluding tert-OH is 1. The molecule has 2 N–H and O–H groups in total. The molecule has 1 saturated heterocycles. The summed E-state index contributed by atoms with van der Waals surface area (Å²) in [5, 5.41) is 16.6. The first-order chi connectivity index (χ1) is 16.8. The van der Waals surface area contributed by atoms with Crippen molar-refractivity contribution in [3.63, 3.8) is 0 Å². The van der Waals surface area contributed by atoms with Crippen LogP contribution in [0, 0.1) is 0 Å². The third-order valence-electron chi connectivity index (χ3n) is 6.40. The quantitative estimate of drug-likeness (QED) is 0.442. The first kappa shape index (κ1) is 23.2. The van der Waals surface area contributed by atoms with Gasteiger partial charge in [0.1, 0.15) is 11.5 Å². The number of anilines is 1. The molecule has 184 valence electrons. The van der Waals surface area contributed by atoms with Crippen LogP contribution in [0.3, 0.4) is 0 Å². The third kappa shape index (κ3) is 4.21. The maximum Gasteiger partial charge on any atom is 0.434 e. The second-order valence-electron chi connectivity index (χ2n) is 8.56. The molecule has 35 heavy (non-hydrogen) atoms. The Kier molecular flexibility index (Phi) is 5.89. The second-order valence-corrected chi connectivity index (χ2v) is 8.56. The predicted octanol–water partition coefficient (Wildman–Crippen LogP) is 2.56. The van der Waals surface area contributed by atoms with Gasteiger partial charge < -0.3 is 10.0 Å². The van der Waals surface area contributed by atoms with E-state index in [1.165, 1.54) is 10.6 Å². The molecule has 5 heterocycles. The van der Waals surface area contributed by atoms with E-state index in [2.05, 4.69) is 48.8 Å². The van der Waals surface area contributed by atoms with Crippen molar-refractivity contribution in [1.29, 1.82) is 0 Å². The van der Waals surface area contributed by atoms with E-state index >= 15 is 0 Å². The van der Waals surface area contributed by atoms with Crippen LogP contribution in [0.1, 0.15) is 31.1 Å². The molecule has 4 aromatic rings. The Hall–Kier alpha value is -3.58. The Morgan fingerprint density at radius 3 is 2.69 bits per heavy atom. The number of nitrogens with one attached hydrogen (secondary N) is 1. The van der Waals surface area contributed by atoms with Crippen LogP contribution in [0.5, 0.6) is 0 Å². The number of aromatic nitrogens is 7. The lowest BCUT2D eigenvalue weighted by molar-refractivity contribution is -0.141. The van der Waals surface area contributed by atoms with Crippen molar-refractivity contribution in [2.24, 2.45) is 0 Å². The standard InChI is InChI=1S/C22H24F3N9O/c1-13-11-33(14(2)20(32(13)5-6-35)15-7-29-30-8-15)18-3-4-26-21(31-18)16-9-28-19-10-27-17(12-34(16)19)22(23,24)25/h3-4,7-10,12-14,20,35H,5-6,11H2,1-2H3,(H,29,30). The first-order valence-electron chi connectivity index (χ1n) is 11.1. The highest BCUT2D eigenvalue weighted by Crippen LogP contribution is 2.36. The molecule has 0 radical (unpaired) electrons. The van der Waals surface area contributed by atoms with Gasteiger partial charge in [-0.2, -0.15) is 18.3 Å². The van der Waals surface area contributed by atoms with E-state index in [0.29, 0.717) is 24.6 Å². The number of hydrogen-bond donors (Lipinski definition) is 2. The van der Waals surface area contributed by atoms with Gasteiger partial charge in [0, 0.05) is 49.3 Å². The molecule has 3 unspecified atom stereocenters. The summed E-state index contributed by atoms with van der Waals surface area (Å²) < 4.78 is 41.0. The molecule has 0 spiro atoms. The number of imidazole rings is 1. The van der Waals surface area contributed by atoms with E-state index in [4.69, 9.17) is 4.98 Å². The molecule has 4 aromatic heterocycles. The molecule has 0 aromatic carbocycles. The Labute approximate surface area is 198 Å². The first-order valence-corrected chi connectivity index (χ1v) is 11.1. The minimum absolute atomic E-state index is 0.0339. The van der Waals surface area contributed by atoms with Gasteiger partial charge in [0.15, 0.2) is 17.2 Å². The molecule has 10 nitrogen and oxygen atoms in total. The summed E-state index contributed by atoms with van der Waals surface area (Å²) >= 11 is 0. The fourth-order valence-corrected chi connectivity index (χ4v) is 4.78. The zero-order valence-electron chi connectivity index (χ0n) is 19.1. The number of nitrogens with zero attached hydrogens (tertiary/aromatic N) is 8. The van der Waals surface area contributed by atoms with Crippen molar-refractivity contribution >= 4 is 11.5 Å². The number of hydrogen-bond acceptors (Lipinski definition) is 8. The van der Waals surface area contributed by atoms with E-state index in [0.717, 1.165) is 18.0 Å². The third-order valence-corrected chi connectivity index (χ3v) is 6.40. The lowest BCUT2D eigenvalue weighted by atomic mass is 9.94. The molecule has 13 heteroatoms. The van der Waals surface area contributed by atoms with Crippen LogP contribution >= 0.6 is 0 Å². The van der Waals surface area contributed by atoms with E-state index in [1.54, 1.807) is 18.5 Å². The van der Waals surface area contributed by atoms with Gasteiger partial charge in [0.25, 0.3) is 0 Å².